The van der Waals surface area contributed by atoms with Gasteiger partial charge in [-0.1, -0.05) is 29.8 Å². The Balaban J connectivity index is 0.00000225. The van der Waals surface area contributed by atoms with Crippen LogP contribution in [0.3, 0.4) is 0 Å². The Morgan fingerprint density at radius 3 is 2.30 bits per heavy atom. The first kappa shape index (κ1) is 25.9. The van der Waals surface area contributed by atoms with Crippen LogP contribution in [-0.2, 0) is 4.79 Å². The molecule has 1 fully saturated rings. The number of hydrogen-bond acceptors (Lipinski definition) is 5. The lowest BCUT2D eigenvalue weighted by atomic mass is 10.0. The molecule has 0 aliphatic carbocycles. The molecular formula is C22H31Cl2N3O3. The van der Waals surface area contributed by atoms with E-state index in [-0.39, 0.29) is 30.7 Å². The summed E-state index contributed by atoms with van der Waals surface area (Å²) in [6.45, 7) is 4.44. The minimum absolute atomic E-state index is 0. The van der Waals surface area contributed by atoms with Gasteiger partial charge < -0.3 is 25.4 Å². The number of methoxy groups -OCH3 is 2. The van der Waals surface area contributed by atoms with Crippen molar-refractivity contribution in [2.24, 2.45) is 11.7 Å². The maximum absolute atomic E-state index is 12.4. The van der Waals surface area contributed by atoms with Crippen molar-refractivity contribution in [2.75, 3.05) is 38.8 Å². The van der Waals surface area contributed by atoms with Crippen LogP contribution >= 0.6 is 24.8 Å². The quantitative estimate of drug-likeness (QED) is 0.667. The molecule has 2 atom stereocenters. The van der Waals surface area contributed by atoms with Crippen molar-refractivity contribution in [2.45, 2.75) is 19.4 Å². The van der Waals surface area contributed by atoms with Crippen molar-refractivity contribution in [1.29, 1.82) is 0 Å². The third kappa shape index (κ3) is 6.42. The first-order valence-corrected chi connectivity index (χ1v) is 9.58. The van der Waals surface area contributed by atoms with Crippen molar-refractivity contribution >= 4 is 36.4 Å². The molecule has 0 bridgehead atoms. The minimum Gasteiger partial charge on any atom is -0.497 e. The smallest absolute Gasteiger partial charge is 0.241 e. The van der Waals surface area contributed by atoms with E-state index in [1.165, 1.54) is 0 Å². The Morgan fingerprint density at radius 1 is 1.13 bits per heavy atom. The monoisotopic (exact) mass is 455 g/mol. The number of rotatable bonds is 7. The number of amides is 1. The summed E-state index contributed by atoms with van der Waals surface area (Å²) in [5, 5.41) is 3.01. The van der Waals surface area contributed by atoms with E-state index in [1.54, 1.807) is 14.2 Å². The average molecular weight is 456 g/mol. The number of anilines is 1. The van der Waals surface area contributed by atoms with Gasteiger partial charge in [-0.15, -0.1) is 24.8 Å². The van der Waals surface area contributed by atoms with Crippen molar-refractivity contribution < 1.29 is 14.3 Å². The van der Waals surface area contributed by atoms with E-state index in [9.17, 15) is 4.79 Å². The maximum Gasteiger partial charge on any atom is 0.241 e. The summed E-state index contributed by atoms with van der Waals surface area (Å²) < 4.78 is 10.7. The summed E-state index contributed by atoms with van der Waals surface area (Å²) in [5.74, 6) is 1.79. The highest BCUT2D eigenvalue weighted by Crippen LogP contribution is 2.31. The van der Waals surface area contributed by atoms with Crippen LogP contribution in [0.15, 0.2) is 42.5 Å². The molecule has 0 aromatic heterocycles. The van der Waals surface area contributed by atoms with Crippen LogP contribution in [0.5, 0.6) is 11.5 Å². The molecule has 166 valence electrons. The van der Waals surface area contributed by atoms with Gasteiger partial charge in [-0.25, -0.2) is 0 Å². The Morgan fingerprint density at radius 2 is 1.73 bits per heavy atom. The molecular weight excluding hydrogens is 425 g/mol. The number of benzene rings is 2. The Labute approximate surface area is 190 Å². The van der Waals surface area contributed by atoms with E-state index < -0.39 is 6.04 Å². The Hall–Kier alpha value is -2.15. The summed E-state index contributed by atoms with van der Waals surface area (Å²) in [6, 6.07) is 13.0. The van der Waals surface area contributed by atoms with Crippen molar-refractivity contribution in [3.63, 3.8) is 0 Å². The number of nitrogens with one attached hydrogen (secondary N) is 1. The van der Waals surface area contributed by atoms with Crippen molar-refractivity contribution in [1.82, 2.24) is 5.32 Å². The predicted octanol–water partition coefficient (Wildman–Crippen LogP) is 3.50. The lowest BCUT2D eigenvalue weighted by Gasteiger charge is -2.21. The number of nitrogens with zero attached hydrogens (tertiary/aromatic N) is 1. The number of halogens is 2. The fourth-order valence-electron chi connectivity index (χ4n) is 3.49. The van der Waals surface area contributed by atoms with Gasteiger partial charge in [-0.3, -0.25) is 4.79 Å². The number of hydrogen-bond donors (Lipinski definition) is 2. The first-order chi connectivity index (χ1) is 13.5. The molecule has 2 aromatic rings. The van der Waals surface area contributed by atoms with E-state index >= 15 is 0 Å². The fourth-order valence-corrected chi connectivity index (χ4v) is 3.49. The molecule has 1 amide bonds. The molecule has 1 aliphatic rings. The second kappa shape index (κ2) is 11.9. The van der Waals surface area contributed by atoms with E-state index in [4.69, 9.17) is 15.2 Å². The lowest BCUT2D eigenvalue weighted by Crippen LogP contribution is -2.37. The molecule has 3 N–H and O–H groups in total. The van der Waals surface area contributed by atoms with Crippen LogP contribution in [0.2, 0.25) is 0 Å². The van der Waals surface area contributed by atoms with Crippen LogP contribution in [0, 0.1) is 12.8 Å². The fraction of sp³-hybridized carbons (Fsp3) is 0.409. The highest BCUT2D eigenvalue weighted by molar-refractivity contribution is 5.85. The van der Waals surface area contributed by atoms with Gasteiger partial charge in [-0.2, -0.15) is 0 Å². The van der Waals surface area contributed by atoms with Crippen LogP contribution in [0.25, 0.3) is 0 Å². The van der Waals surface area contributed by atoms with Gasteiger partial charge in [0.15, 0.2) is 0 Å². The van der Waals surface area contributed by atoms with Crippen LogP contribution in [-0.4, -0.2) is 39.8 Å². The van der Waals surface area contributed by atoms with E-state index in [0.717, 1.165) is 47.8 Å². The van der Waals surface area contributed by atoms with Gasteiger partial charge in [0.05, 0.1) is 14.2 Å². The number of carbonyl (C=O) groups is 1. The minimum atomic E-state index is -0.638. The van der Waals surface area contributed by atoms with Crippen LogP contribution < -0.4 is 25.4 Å². The van der Waals surface area contributed by atoms with Crippen molar-refractivity contribution in [3.05, 3.63) is 53.6 Å². The number of nitrogens with two attached hydrogens (primary N) is 1. The second-order valence-electron chi connectivity index (χ2n) is 7.31. The molecule has 0 spiro atoms. The van der Waals surface area contributed by atoms with E-state index in [1.807, 2.05) is 49.4 Å². The predicted molar refractivity (Wildman–Crippen MR) is 125 cm³/mol. The average Bonchev–Trinajstić information content (AvgIpc) is 3.20. The molecule has 1 heterocycles. The molecule has 0 radical (unpaired) electrons. The van der Waals surface area contributed by atoms with Gasteiger partial charge in [0.1, 0.15) is 17.5 Å². The normalized spacial score (nSPS) is 16.1. The zero-order valence-electron chi connectivity index (χ0n) is 17.6. The first-order valence-electron chi connectivity index (χ1n) is 9.58. The molecule has 6 nitrogen and oxygen atoms in total. The zero-order chi connectivity index (χ0) is 20.1. The third-order valence-electron chi connectivity index (χ3n) is 5.27. The SMILES string of the molecule is COc1cc(OC)cc(N2CCC(CNC(=O)C(N)c3ccc(C)cc3)C2)c1.Cl.Cl. The second-order valence-corrected chi connectivity index (χ2v) is 7.31. The third-order valence-corrected chi connectivity index (χ3v) is 5.27. The van der Waals surface area contributed by atoms with Crippen LogP contribution in [0.1, 0.15) is 23.6 Å². The maximum atomic E-state index is 12.4. The zero-order valence-corrected chi connectivity index (χ0v) is 19.2. The highest BCUT2D eigenvalue weighted by Gasteiger charge is 2.25. The molecule has 1 aliphatic heterocycles. The topological polar surface area (TPSA) is 76.8 Å². The Kier molecular flexibility index (Phi) is 10.3. The van der Waals surface area contributed by atoms with Gasteiger partial charge in [0.2, 0.25) is 5.91 Å². The molecule has 30 heavy (non-hydrogen) atoms. The molecule has 2 unspecified atom stereocenters. The summed E-state index contributed by atoms with van der Waals surface area (Å²) in [5.41, 5.74) is 9.16. The number of carbonyl (C=O) groups excluding carboxylic acids is 1. The molecule has 3 rings (SSSR count). The summed E-state index contributed by atoms with van der Waals surface area (Å²) in [4.78, 5) is 14.7. The molecule has 2 aromatic carbocycles. The summed E-state index contributed by atoms with van der Waals surface area (Å²) in [6.07, 6.45) is 1.01. The van der Waals surface area contributed by atoms with E-state index in [0.29, 0.717) is 12.5 Å². The van der Waals surface area contributed by atoms with Gasteiger partial charge in [0, 0.05) is 43.5 Å². The van der Waals surface area contributed by atoms with E-state index in [2.05, 4.69) is 10.2 Å². The number of aryl methyl sites for hydroxylation is 1. The van der Waals surface area contributed by atoms with Gasteiger partial charge in [-0.05, 0) is 24.8 Å². The largest absolute Gasteiger partial charge is 0.497 e. The van der Waals surface area contributed by atoms with Crippen LogP contribution in [0.4, 0.5) is 5.69 Å². The standard InChI is InChI=1S/C22H29N3O3.2ClH/c1-15-4-6-17(7-5-15)21(23)22(26)24-13-16-8-9-25(14-16)18-10-19(27-2)12-20(11-18)28-3;;/h4-7,10-12,16,21H,8-9,13-14,23H2,1-3H3,(H,24,26);2*1H. The molecule has 1 saturated heterocycles. The Bertz CT molecular complexity index is 796. The number of ether oxygens (including phenoxy) is 2. The van der Waals surface area contributed by atoms with Gasteiger partial charge >= 0.3 is 0 Å². The van der Waals surface area contributed by atoms with Crippen molar-refractivity contribution in [3.8, 4) is 11.5 Å². The van der Waals surface area contributed by atoms with Gasteiger partial charge in [0.25, 0.3) is 0 Å². The summed E-state index contributed by atoms with van der Waals surface area (Å²) in [7, 11) is 3.30. The molecule has 8 heteroatoms. The molecule has 0 saturated carbocycles. The highest BCUT2D eigenvalue weighted by atomic mass is 35.5. The lowest BCUT2D eigenvalue weighted by molar-refractivity contribution is -0.122. The summed E-state index contributed by atoms with van der Waals surface area (Å²) >= 11 is 0.